The van der Waals surface area contributed by atoms with Gasteiger partial charge in [0.25, 0.3) is 0 Å². The van der Waals surface area contributed by atoms with Crippen LogP contribution in [0.25, 0.3) is 0 Å². The Morgan fingerprint density at radius 1 is 1.50 bits per heavy atom. The number of pyridine rings is 1. The van der Waals surface area contributed by atoms with E-state index in [-0.39, 0.29) is 9.92 Å². The van der Waals surface area contributed by atoms with Crippen molar-refractivity contribution in [1.29, 1.82) is 0 Å². The van der Waals surface area contributed by atoms with Gasteiger partial charge < -0.3 is 0 Å². The minimum atomic E-state index is -3.51. The Bertz CT molecular complexity index is 515. The van der Waals surface area contributed by atoms with E-state index < -0.39 is 10.0 Å². The lowest BCUT2D eigenvalue weighted by molar-refractivity contribution is 0.250. The van der Waals surface area contributed by atoms with Crippen molar-refractivity contribution in [1.82, 2.24) is 9.29 Å². The average Bonchev–Trinajstić information content (AvgIpc) is 2.27. The van der Waals surface area contributed by atoms with E-state index in [0.717, 1.165) is 12.8 Å². The Kier molecular flexibility index (Phi) is 4.25. The van der Waals surface area contributed by atoms with Crippen molar-refractivity contribution in [3.8, 4) is 0 Å². The van der Waals surface area contributed by atoms with Gasteiger partial charge in [-0.3, -0.25) is 4.98 Å². The van der Waals surface area contributed by atoms with Crippen LogP contribution >= 0.6 is 11.6 Å². The molecular weight excluding hydrogens is 272 g/mol. The zero-order chi connectivity index (χ0) is 13.2. The number of hydrogen-bond donors (Lipinski definition) is 0. The van der Waals surface area contributed by atoms with Crippen molar-refractivity contribution in [2.75, 3.05) is 13.1 Å². The molecule has 2 rings (SSSR count). The largest absolute Gasteiger partial charge is 0.263 e. The molecule has 1 aliphatic rings. The molecular formula is C12H17ClN2O2S. The summed E-state index contributed by atoms with van der Waals surface area (Å²) in [5.74, 6) is 0.496. The first-order chi connectivity index (χ1) is 8.55. The molecule has 1 aliphatic carbocycles. The van der Waals surface area contributed by atoms with Gasteiger partial charge in [0.1, 0.15) is 4.90 Å². The van der Waals surface area contributed by atoms with E-state index in [1.807, 2.05) is 6.92 Å². The van der Waals surface area contributed by atoms with Crippen molar-refractivity contribution in [3.63, 3.8) is 0 Å². The molecule has 0 spiro atoms. The second-order valence-corrected chi connectivity index (χ2v) is 6.87. The maximum Gasteiger partial charge on any atom is 0.246 e. The van der Waals surface area contributed by atoms with Crippen LogP contribution in [-0.2, 0) is 10.0 Å². The quantitative estimate of drug-likeness (QED) is 0.837. The molecule has 0 amide bonds. The van der Waals surface area contributed by atoms with E-state index in [1.165, 1.54) is 29.2 Å². The summed E-state index contributed by atoms with van der Waals surface area (Å²) in [7, 11) is -3.51. The lowest BCUT2D eigenvalue weighted by Crippen LogP contribution is -2.37. The van der Waals surface area contributed by atoms with Crippen LogP contribution < -0.4 is 0 Å². The minimum absolute atomic E-state index is 0.104. The minimum Gasteiger partial charge on any atom is -0.263 e. The molecule has 6 heteroatoms. The molecule has 1 aromatic heterocycles. The van der Waals surface area contributed by atoms with Crippen LogP contribution in [0.4, 0.5) is 0 Å². The van der Waals surface area contributed by atoms with Gasteiger partial charge in [0, 0.05) is 25.5 Å². The van der Waals surface area contributed by atoms with Crippen molar-refractivity contribution < 1.29 is 8.42 Å². The van der Waals surface area contributed by atoms with E-state index in [0.29, 0.717) is 19.0 Å². The SMILES string of the molecule is CCN(CC1CCC1)S(=O)(=O)c1cnccc1Cl. The molecule has 1 fully saturated rings. The van der Waals surface area contributed by atoms with Crippen molar-refractivity contribution in [2.45, 2.75) is 31.1 Å². The summed E-state index contributed by atoms with van der Waals surface area (Å²) < 4.78 is 26.4. The average molecular weight is 289 g/mol. The highest BCUT2D eigenvalue weighted by Crippen LogP contribution is 2.30. The Balaban J connectivity index is 2.25. The number of rotatable bonds is 5. The Morgan fingerprint density at radius 2 is 2.22 bits per heavy atom. The number of sulfonamides is 1. The first kappa shape index (κ1) is 13.8. The smallest absolute Gasteiger partial charge is 0.246 e. The third-order valence-corrected chi connectivity index (χ3v) is 5.80. The summed E-state index contributed by atoms with van der Waals surface area (Å²) in [6, 6.07) is 1.51. The molecule has 0 bridgehead atoms. The summed E-state index contributed by atoms with van der Waals surface area (Å²) in [5, 5.41) is 0.233. The predicted octanol–water partition coefficient (Wildman–Crippen LogP) is 2.55. The van der Waals surface area contributed by atoms with E-state index in [9.17, 15) is 8.42 Å². The van der Waals surface area contributed by atoms with Crippen molar-refractivity contribution in [3.05, 3.63) is 23.5 Å². The molecule has 1 saturated carbocycles. The predicted molar refractivity (Wildman–Crippen MR) is 71.0 cm³/mol. The Morgan fingerprint density at radius 3 is 2.72 bits per heavy atom. The van der Waals surface area contributed by atoms with Gasteiger partial charge in [-0.05, 0) is 24.8 Å². The van der Waals surface area contributed by atoms with Gasteiger partial charge in [-0.2, -0.15) is 4.31 Å². The van der Waals surface area contributed by atoms with Gasteiger partial charge in [0.2, 0.25) is 10.0 Å². The molecule has 0 unspecified atom stereocenters. The maximum absolute atomic E-state index is 12.5. The summed E-state index contributed by atoms with van der Waals surface area (Å²) >= 11 is 5.95. The zero-order valence-electron chi connectivity index (χ0n) is 10.3. The lowest BCUT2D eigenvalue weighted by Gasteiger charge is -2.31. The number of aromatic nitrogens is 1. The van der Waals surface area contributed by atoms with Crippen LogP contribution in [0.2, 0.25) is 5.02 Å². The molecule has 0 aromatic carbocycles. The van der Waals surface area contributed by atoms with Crippen LogP contribution in [0.3, 0.4) is 0 Å². The highest BCUT2D eigenvalue weighted by molar-refractivity contribution is 7.89. The van der Waals surface area contributed by atoms with Crippen LogP contribution in [0.15, 0.2) is 23.4 Å². The first-order valence-corrected chi connectivity index (χ1v) is 7.97. The third kappa shape index (κ3) is 2.68. The standard InChI is InChI=1S/C12H17ClN2O2S/c1-2-15(9-10-4-3-5-10)18(16,17)12-8-14-7-6-11(12)13/h6-8,10H,2-5,9H2,1H3. The first-order valence-electron chi connectivity index (χ1n) is 6.15. The van der Waals surface area contributed by atoms with Gasteiger partial charge in [-0.1, -0.05) is 24.9 Å². The van der Waals surface area contributed by atoms with E-state index >= 15 is 0 Å². The van der Waals surface area contributed by atoms with Gasteiger partial charge in [-0.25, -0.2) is 8.42 Å². The van der Waals surface area contributed by atoms with Crippen LogP contribution in [0, 0.1) is 5.92 Å². The van der Waals surface area contributed by atoms with Gasteiger partial charge >= 0.3 is 0 Å². The fraction of sp³-hybridized carbons (Fsp3) is 0.583. The number of halogens is 1. The molecule has 4 nitrogen and oxygen atoms in total. The van der Waals surface area contributed by atoms with E-state index in [4.69, 9.17) is 11.6 Å². The summed E-state index contributed by atoms with van der Waals surface area (Å²) in [6.45, 7) is 2.90. The molecule has 0 atom stereocenters. The third-order valence-electron chi connectivity index (χ3n) is 3.39. The van der Waals surface area contributed by atoms with Gasteiger partial charge in [0.05, 0.1) is 5.02 Å². The van der Waals surface area contributed by atoms with Crippen LogP contribution in [0.1, 0.15) is 26.2 Å². The summed E-state index contributed by atoms with van der Waals surface area (Å²) in [5.41, 5.74) is 0. The van der Waals surface area contributed by atoms with Gasteiger partial charge in [0.15, 0.2) is 0 Å². The number of nitrogens with zero attached hydrogens (tertiary/aromatic N) is 2. The number of hydrogen-bond acceptors (Lipinski definition) is 3. The highest BCUT2D eigenvalue weighted by atomic mass is 35.5. The fourth-order valence-electron chi connectivity index (χ4n) is 2.05. The molecule has 0 aliphatic heterocycles. The fourth-order valence-corrected chi connectivity index (χ4v) is 3.98. The summed E-state index contributed by atoms with van der Waals surface area (Å²) in [4.78, 5) is 3.96. The van der Waals surface area contributed by atoms with Crippen molar-refractivity contribution >= 4 is 21.6 Å². The van der Waals surface area contributed by atoms with Crippen LogP contribution in [0.5, 0.6) is 0 Å². The normalized spacial score (nSPS) is 16.8. The second-order valence-electron chi connectivity index (χ2n) is 4.56. The van der Waals surface area contributed by atoms with Crippen molar-refractivity contribution in [2.24, 2.45) is 5.92 Å². The zero-order valence-corrected chi connectivity index (χ0v) is 11.9. The molecule has 1 aromatic rings. The molecule has 1 heterocycles. The Hall–Kier alpha value is -0.650. The van der Waals surface area contributed by atoms with E-state index in [1.54, 1.807) is 0 Å². The summed E-state index contributed by atoms with van der Waals surface area (Å²) in [6.07, 6.45) is 6.25. The lowest BCUT2D eigenvalue weighted by atomic mass is 9.85. The topological polar surface area (TPSA) is 50.3 Å². The molecule has 0 radical (unpaired) electrons. The van der Waals surface area contributed by atoms with Gasteiger partial charge in [-0.15, -0.1) is 0 Å². The van der Waals surface area contributed by atoms with Crippen LogP contribution in [-0.4, -0.2) is 30.8 Å². The second kappa shape index (κ2) is 5.55. The highest BCUT2D eigenvalue weighted by Gasteiger charge is 2.29. The van der Waals surface area contributed by atoms with E-state index in [2.05, 4.69) is 4.98 Å². The monoisotopic (exact) mass is 288 g/mol. The maximum atomic E-state index is 12.5. The molecule has 0 saturated heterocycles. The Labute approximate surface area is 113 Å². The molecule has 0 N–H and O–H groups in total. The molecule has 18 heavy (non-hydrogen) atoms. The molecule has 100 valence electrons.